The average molecular weight is 579 g/mol. The lowest BCUT2D eigenvalue weighted by molar-refractivity contribution is 0.0697. The molecule has 10 heteroatoms. The Bertz CT molecular complexity index is 1550. The first kappa shape index (κ1) is 27.6. The van der Waals surface area contributed by atoms with Gasteiger partial charge in [-0.3, -0.25) is 4.90 Å². The molecule has 2 aromatic heterocycles. The smallest absolute Gasteiger partial charge is 0.335 e. The maximum Gasteiger partial charge on any atom is 0.335 e. The molecule has 0 aliphatic carbocycles. The molecular formula is C31H32ClFN4O4. The van der Waals surface area contributed by atoms with Crippen molar-refractivity contribution in [1.82, 2.24) is 19.4 Å². The number of imidazole rings is 1. The second-order valence-corrected chi connectivity index (χ2v) is 11.2. The molecule has 41 heavy (non-hydrogen) atoms. The minimum Gasteiger partial charge on any atom is -0.478 e. The van der Waals surface area contributed by atoms with Crippen LogP contribution in [0.4, 0.5) is 4.39 Å². The second kappa shape index (κ2) is 12.1. The molecule has 2 aliphatic heterocycles. The number of nitrogens with zero attached hydrogens (tertiary/aromatic N) is 4. The topological polar surface area (TPSA) is 89.7 Å². The van der Waals surface area contributed by atoms with Crippen LogP contribution < -0.4 is 4.74 Å². The fourth-order valence-corrected chi connectivity index (χ4v) is 5.90. The van der Waals surface area contributed by atoms with E-state index in [0.29, 0.717) is 35.5 Å². The molecule has 0 radical (unpaired) electrons. The largest absolute Gasteiger partial charge is 0.478 e. The van der Waals surface area contributed by atoms with Gasteiger partial charge in [0.1, 0.15) is 18.2 Å². The molecule has 214 valence electrons. The number of carboxylic acid groups (broad SMARTS) is 1. The van der Waals surface area contributed by atoms with E-state index < -0.39 is 11.8 Å². The van der Waals surface area contributed by atoms with Gasteiger partial charge in [-0.15, -0.1) is 0 Å². The maximum absolute atomic E-state index is 14.1. The summed E-state index contributed by atoms with van der Waals surface area (Å²) in [5, 5.41) is 9.88. The highest BCUT2D eigenvalue weighted by atomic mass is 35.5. The number of carbonyl (C=O) groups is 1. The van der Waals surface area contributed by atoms with Crippen LogP contribution in [0.15, 0.2) is 54.6 Å². The van der Waals surface area contributed by atoms with Gasteiger partial charge in [-0.05, 0) is 75.2 Å². The lowest BCUT2D eigenvalue weighted by Gasteiger charge is -2.31. The Morgan fingerprint density at radius 3 is 2.71 bits per heavy atom. The summed E-state index contributed by atoms with van der Waals surface area (Å²) in [6.45, 7) is 3.97. The molecule has 2 aliphatic rings. The fraction of sp³-hybridized carbons (Fsp3) is 0.387. The molecule has 0 bridgehead atoms. The van der Waals surface area contributed by atoms with Crippen molar-refractivity contribution < 1.29 is 23.8 Å². The lowest BCUT2D eigenvalue weighted by Crippen LogP contribution is -2.34. The second-order valence-electron chi connectivity index (χ2n) is 10.8. The number of aromatic nitrogens is 3. The molecule has 2 aromatic carbocycles. The fourth-order valence-electron chi connectivity index (χ4n) is 5.74. The monoisotopic (exact) mass is 578 g/mol. The van der Waals surface area contributed by atoms with Gasteiger partial charge in [-0.25, -0.2) is 19.2 Å². The Labute approximate surface area is 242 Å². The number of pyridine rings is 1. The van der Waals surface area contributed by atoms with Crippen molar-refractivity contribution in [1.29, 1.82) is 0 Å². The van der Waals surface area contributed by atoms with Gasteiger partial charge in [-0.2, -0.15) is 0 Å². The first-order valence-corrected chi connectivity index (χ1v) is 14.4. The highest BCUT2D eigenvalue weighted by molar-refractivity contribution is 6.30. The molecule has 2 fully saturated rings. The SMILES string of the molecule is O=C(O)c1ccc2nc(CN3CCC(c4cccc(OCc5ccc(Cl)cc5F)n4)CC3)n(C[C@@H]3CCCO3)c2c1. The van der Waals surface area contributed by atoms with E-state index in [0.717, 1.165) is 67.9 Å². The predicted octanol–water partition coefficient (Wildman–Crippen LogP) is 6.06. The summed E-state index contributed by atoms with van der Waals surface area (Å²) in [5.74, 6) is 0.362. The number of fused-ring (bicyclic) bond motifs is 1. The number of piperidine rings is 1. The molecule has 0 saturated carbocycles. The van der Waals surface area contributed by atoms with Crippen molar-refractivity contribution in [3.63, 3.8) is 0 Å². The van der Waals surface area contributed by atoms with Gasteiger partial charge in [0, 0.05) is 34.9 Å². The Morgan fingerprint density at radius 1 is 1.10 bits per heavy atom. The number of benzene rings is 2. The van der Waals surface area contributed by atoms with Crippen LogP contribution in [-0.4, -0.2) is 56.3 Å². The number of hydrogen-bond acceptors (Lipinski definition) is 6. The third-order valence-corrected chi connectivity index (χ3v) is 8.23. The van der Waals surface area contributed by atoms with E-state index in [1.807, 2.05) is 12.1 Å². The van der Waals surface area contributed by atoms with Crippen molar-refractivity contribution in [3.05, 3.63) is 88.1 Å². The third kappa shape index (κ3) is 6.37. The molecule has 0 spiro atoms. The number of halogens is 2. The minimum absolute atomic E-state index is 0.0821. The van der Waals surface area contributed by atoms with Crippen LogP contribution in [0.25, 0.3) is 11.0 Å². The van der Waals surface area contributed by atoms with E-state index in [-0.39, 0.29) is 18.3 Å². The Morgan fingerprint density at radius 2 is 1.95 bits per heavy atom. The first-order valence-electron chi connectivity index (χ1n) is 14.0. The zero-order chi connectivity index (χ0) is 28.3. The van der Waals surface area contributed by atoms with Gasteiger partial charge >= 0.3 is 5.97 Å². The number of ether oxygens (including phenoxy) is 2. The predicted molar refractivity (Wildman–Crippen MR) is 153 cm³/mol. The van der Waals surface area contributed by atoms with E-state index in [1.54, 1.807) is 36.4 Å². The van der Waals surface area contributed by atoms with Gasteiger partial charge in [0.2, 0.25) is 5.88 Å². The molecule has 6 rings (SSSR count). The molecule has 1 atom stereocenters. The van der Waals surface area contributed by atoms with E-state index >= 15 is 0 Å². The quantitative estimate of drug-likeness (QED) is 0.258. The van der Waals surface area contributed by atoms with Gasteiger partial charge in [0.05, 0.1) is 35.8 Å². The highest BCUT2D eigenvalue weighted by Crippen LogP contribution is 2.30. The summed E-state index contributed by atoms with van der Waals surface area (Å²) in [4.78, 5) is 23.6. The Kier molecular flexibility index (Phi) is 8.18. The van der Waals surface area contributed by atoms with E-state index in [4.69, 9.17) is 31.0 Å². The van der Waals surface area contributed by atoms with Crippen molar-refractivity contribution in [2.75, 3.05) is 19.7 Å². The molecule has 4 heterocycles. The molecular weight excluding hydrogens is 547 g/mol. The number of hydrogen-bond donors (Lipinski definition) is 1. The molecule has 0 amide bonds. The maximum atomic E-state index is 14.1. The number of carboxylic acids is 1. The van der Waals surface area contributed by atoms with Crippen LogP contribution in [0.5, 0.6) is 5.88 Å². The summed E-state index contributed by atoms with van der Waals surface area (Å²) >= 11 is 5.85. The third-order valence-electron chi connectivity index (χ3n) is 7.99. The number of likely N-dealkylation sites (tertiary alicyclic amines) is 1. The number of rotatable bonds is 9. The molecule has 1 N–H and O–H groups in total. The van der Waals surface area contributed by atoms with Crippen molar-refractivity contribution >= 4 is 28.6 Å². The summed E-state index contributed by atoms with van der Waals surface area (Å²) in [5.41, 5.74) is 3.31. The first-order chi connectivity index (χ1) is 19.9. The van der Waals surface area contributed by atoms with E-state index in [2.05, 4.69) is 9.47 Å². The summed E-state index contributed by atoms with van der Waals surface area (Å²) in [7, 11) is 0. The van der Waals surface area contributed by atoms with Crippen LogP contribution in [-0.2, 0) is 24.4 Å². The van der Waals surface area contributed by atoms with Gasteiger partial charge in [0.15, 0.2) is 0 Å². The minimum atomic E-state index is -0.944. The van der Waals surface area contributed by atoms with Crippen molar-refractivity contribution in [2.45, 2.75) is 57.4 Å². The molecule has 8 nitrogen and oxygen atoms in total. The highest BCUT2D eigenvalue weighted by Gasteiger charge is 2.25. The Hall–Kier alpha value is -3.53. The van der Waals surface area contributed by atoms with Crippen molar-refractivity contribution in [3.8, 4) is 5.88 Å². The van der Waals surface area contributed by atoms with Crippen LogP contribution in [0.1, 0.15) is 59.0 Å². The standard InChI is InChI=1S/C31H32ClFN4O4/c32-23-8-6-22(25(33)16-23)19-41-30-5-1-4-26(35-30)20-10-12-36(13-11-20)18-29-34-27-9-7-21(31(38)39)15-28(27)37(29)17-24-3-2-14-40-24/h1,4-9,15-16,20,24H,2-3,10-14,17-19H2,(H,38,39)/t24-/m0/s1. The lowest BCUT2D eigenvalue weighted by atomic mass is 9.93. The normalized spacial score (nSPS) is 18.2. The summed E-state index contributed by atoms with van der Waals surface area (Å²) in [6, 6.07) is 15.4. The zero-order valence-electron chi connectivity index (χ0n) is 22.6. The van der Waals surface area contributed by atoms with Crippen LogP contribution in [0.3, 0.4) is 0 Å². The van der Waals surface area contributed by atoms with E-state index in [9.17, 15) is 14.3 Å². The number of aromatic carboxylic acids is 1. The molecule has 0 unspecified atom stereocenters. The van der Waals surface area contributed by atoms with E-state index in [1.165, 1.54) is 6.07 Å². The Balaban J connectivity index is 1.11. The van der Waals surface area contributed by atoms with Crippen LogP contribution in [0, 0.1) is 5.82 Å². The van der Waals surface area contributed by atoms with Gasteiger partial charge < -0.3 is 19.1 Å². The van der Waals surface area contributed by atoms with Crippen LogP contribution in [0.2, 0.25) is 5.02 Å². The average Bonchev–Trinajstić information content (AvgIpc) is 3.61. The summed E-state index contributed by atoms with van der Waals surface area (Å²) < 4.78 is 28.0. The van der Waals surface area contributed by atoms with Crippen molar-refractivity contribution in [2.24, 2.45) is 0 Å². The van der Waals surface area contributed by atoms with Crippen LogP contribution >= 0.6 is 11.6 Å². The molecule has 2 saturated heterocycles. The zero-order valence-corrected chi connectivity index (χ0v) is 23.4. The molecule has 4 aromatic rings. The van der Waals surface area contributed by atoms with Gasteiger partial charge in [-0.1, -0.05) is 23.7 Å². The van der Waals surface area contributed by atoms with Gasteiger partial charge in [0.25, 0.3) is 0 Å². The summed E-state index contributed by atoms with van der Waals surface area (Å²) in [6.07, 6.45) is 4.03.